The number of primary sulfonamides is 1. The van der Waals surface area contributed by atoms with E-state index in [2.05, 4.69) is 44.1 Å². The van der Waals surface area contributed by atoms with E-state index in [9.17, 15) is 13.5 Å². The van der Waals surface area contributed by atoms with E-state index >= 15 is 0 Å². The number of aliphatic hydroxyl groups excluding tert-OH is 1. The number of sulfonamides is 1. The molecule has 0 saturated heterocycles. The summed E-state index contributed by atoms with van der Waals surface area (Å²) in [5.41, 5.74) is 3.53. The number of hydrogen-bond donors (Lipinski definition) is 3. The maximum absolute atomic E-state index is 11.3. The minimum atomic E-state index is -3.53. The number of benzene rings is 1. The summed E-state index contributed by atoms with van der Waals surface area (Å²) in [4.78, 5) is 9.02. The number of hydrogen-bond acceptors (Lipinski definition) is 6. The zero-order valence-electron chi connectivity index (χ0n) is 17.2. The largest absolute Gasteiger partial charge is 0.393 e. The van der Waals surface area contributed by atoms with Crippen molar-refractivity contribution in [3.8, 4) is 0 Å². The van der Waals surface area contributed by atoms with Crippen molar-refractivity contribution in [3.05, 3.63) is 54.0 Å². The van der Waals surface area contributed by atoms with Crippen molar-refractivity contribution in [1.29, 1.82) is 0 Å². The predicted octanol–water partition coefficient (Wildman–Crippen LogP) is 2.52. The second-order valence-electron chi connectivity index (χ2n) is 8.73. The van der Waals surface area contributed by atoms with Gasteiger partial charge < -0.3 is 15.0 Å². The summed E-state index contributed by atoms with van der Waals surface area (Å²) >= 11 is 0. The Labute approximate surface area is 181 Å². The quantitative estimate of drug-likeness (QED) is 0.540. The molecule has 3 aromatic rings. The molecule has 8 nitrogen and oxygen atoms in total. The molecule has 5 rings (SSSR count). The lowest BCUT2D eigenvalue weighted by atomic mass is 10.0. The van der Waals surface area contributed by atoms with Crippen LogP contribution < -0.4 is 10.5 Å². The molecule has 2 heterocycles. The summed E-state index contributed by atoms with van der Waals surface area (Å²) in [6, 6.07) is 10.8. The molecular weight excluding hydrogens is 414 g/mol. The van der Waals surface area contributed by atoms with Gasteiger partial charge in [0, 0.05) is 12.2 Å². The van der Waals surface area contributed by atoms with E-state index in [0.717, 1.165) is 29.7 Å². The van der Waals surface area contributed by atoms with E-state index in [0.29, 0.717) is 19.3 Å². The second kappa shape index (κ2) is 7.89. The molecule has 9 heteroatoms. The molecule has 2 aliphatic rings. The highest BCUT2D eigenvalue weighted by atomic mass is 32.2. The Morgan fingerprint density at radius 1 is 1.19 bits per heavy atom. The van der Waals surface area contributed by atoms with E-state index in [-0.39, 0.29) is 23.8 Å². The smallest absolute Gasteiger partial charge is 0.209 e. The first kappa shape index (κ1) is 20.4. The Balaban J connectivity index is 1.37. The first-order valence-electron chi connectivity index (χ1n) is 10.7. The van der Waals surface area contributed by atoms with Crippen LogP contribution in [-0.4, -0.2) is 39.9 Å². The Morgan fingerprint density at radius 3 is 2.87 bits per heavy atom. The number of nitrogens with one attached hydrogen (secondary N) is 1. The van der Waals surface area contributed by atoms with Gasteiger partial charge in [-0.1, -0.05) is 24.3 Å². The Bertz CT molecular complexity index is 1210. The molecule has 1 fully saturated rings. The van der Waals surface area contributed by atoms with Crippen molar-refractivity contribution in [3.63, 3.8) is 0 Å². The number of nitrogens with zero attached hydrogens (tertiary/aromatic N) is 3. The molecule has 164 valence electrons. The molecule has 31 heavy (non-hydrogen) atoms. The van der Waals surface area contributed by atoms with Gasteiger partial charge in [-0.25, -0.2) is 23.5 Å². The van der Waals surface area contributed by atoms with Gasteiger partial charge in [0.2, 0.25) is 10.0 Å². The Hall–Kier alpha value is -2.49. The fourth-order valence-corrected chi connectivity index (χ4v) is 5.81. The lowest BCUT2D eigenvalue weighted by Crippen LogP contribution is -2.22. The lowest BCUT2D eigenvalue weighted by Gasteiger charge is -2.16. The molecule has 2 aliphatic carbocycles. The average Bonchev–Trinajstić information content (AvgIpc) is 3.43. The van der Waals surface area contributed by atoms with Gasteiger partial charge in [-0.05, 0) is 55.2 Å². The van der Waals surface area contributed by atoms with Crippen LogP contribution in [0.5, 0.6) is 0 Å². The van der Waals surface area contributed by atoms with Gasteiger partial charge in [0.05, 0.1) is 23.3 Å². The van der Waals surface area contributed by atoms with Gasteiger partial charge in [0.1, 0.15) is 17.8 Å². The zero-order valence-corrected chi connectivity index (χ0v) is 18.0. The molecule has 0 radical (unpaired) electrons. The minimum Gasteiger partial charge on any atom is -0.393 e. The topological polar surface area (TPSA) is 123 Å². The Kier molecular flexibility index (Phi) is 5.19. The summed E-state index contributed by atoms with van der Waals surface area (Å²) in [7, 11) is -3.53. The molecule has 0 amide bonds. The number of nitrogens with two attached hydrogens (primary N) is 1. The van der Waals surface area contributed by atoms with Gasteiger partial charge in [0.15, 0.2) is 0 Å². The molecule has 0 aliphatic heterocycles. The van der Waals surface area contributed by atoms with Crippen LogP contribution in [0.25, 0.3) is 11.0 Å². The molecule has 0 unspecified atom stereocenters. The first-order valence-corrected chi connectivity index (χ1v) is 12.4. The van der Waals surface area contributed by atoms with Gasteiger partial charge in [0.25, 0.3) is 0 Å². The van der Waals surface area contributed by atoms with Crippen LogP contribution in [0.4, 0.5) is 5.82 Å². The standard InChI is InChI=1S/C22H27N5O3S/c23-31(29,30)10-8-15-11-16(12-20(15)28)27-9-7-18-21(24-13-25-22(18)27)26-19-6-5-14-3-1-2-4-17(14)19/h1-4,7,9,13,15-16,19-20,28H,5-6,8,10-12H2,(H2,23,29,30)(H,24,25,26)/t15-,16-,19+,20-/m1/s1. The number of anilines is 1. The number of aromatic nitrogens is 3. The van der Waals surface area contributed by atoms with Crippen LogP contribution in [-0.2, 0) is 16.4 Å². The SMILES string of the molecule is NS(=O)(=O)CC[C@@H]1C[C@@H](n2ccc3c(N[C@H]4CCc5ccccc54)ncnc32)C[C@H]1O. The highest BCUT2D eigenvalue weighted by molar-refractivity contribution is 7.89. The van der Waals surface area contributed by atoms with Crippen LogP contribution in [0.15, 0.2) is 42.9 Å². The van der Waals surface area contributed by atoms with E-state index in [1.54, 1.807) is 6.33 Å². The third-order valence-corrected chi connectivity index (χ3v) is 7.56. The first-order chi connectivity index (χ1) is 14.9. The molecular formula is C22H27N5O3S. The van der Waals surface area contributed by atoms with Crippen LogP contribution in [0.1, 0.15) is 48.9 Å². The van der Waals surface area contributed by atoms with Crippen molar-refractivity contribution in [1.82, 2.24) is 14.5 Å². The third kappa shape index (κ3) is 4.05. The monoisotopic (exact) mass is 441 g/mol. The Morgan fingerprint density at radius 2 is 2.03 bits per heavy atom. The van der Waals surface area contributed by atoms with Gasteiger partial charge >= 0.3 is 0 Å². The maximum Gasteiger partial charge on any atom is 0.209 e. The molecule has 2 aromatic heterocycles. The maximum atomic E-state index is 11.3. The number of rotatable bonds is 6. The third-order valence-electron chi connectivity index (χ3n) is 6.75. The van der Waals surface area contributed by atoms with E-state index < -0.39 is 16.1 Å². The number of aryl methyl sites for hydroxylation is 1. The summed E-state index contributed by atoms with van der Waals surface area (Å²) in [5, 5.41) is 20.2. The van der Waals surface area contributed by atoms with Crippen molar-refractivity contribution in [2.24, 2.45) is 11.1 Å². The van der Waals surface area contributed by atoms with E-state index in [1.165, 1.54) is 11.1 Å². The molecule has 0 spiro atoms. The van der Waals surface area contributed by atoms with Crippen molar-refractivity contribution >= 4 is 26.9 Å². The minimum absolute atomic E-state index is 0.0629. The van der Waals surface area contributed by atoms with Crippen LogP contribution in [0.2, 0.25) is 0 Å². The summed E-state index contributed by atoms with van der Waals surface area (Å²) in [6.07, 6.45) is 6.76. The lowest BCUT2D eigenvalue weighted by molar-refractivity contribution is 0.130. The molecule has 4 N–H and O–H groups in total. The van der Waals surface area contributed by atoms with Crippen LogP contribution in [0, 0.1) is 5.92 Å². The highest BCUT2D eigenvalue weighted by Crippen LogP contribution is 2.40. The summed E-state index contributed by atoms with van der Waals surface area (Å²) in [6.45, 7) is 0. The normalized spacial score (nSPS) is 25.7. The number of aliphatic hydroxyl groups is 1. The summed E-state index contributed by atoms with van der Waals surface area (Å²) < 4.78 is 24.7. The van der Waals surface area contributed by atoms with E-state index in [4.69, 9.17) is 5.14 Å². The number of fused-ring (bicyclic) bond motifs is 2. The van der Waals surface area contributed by atoms with Crippen molar-refractivity contribution < 1.29 is 13.5 Å². The van der Waals surface area contributed by atoms with Crippen LogP contribution >= 0.6 is 0 Å². The molecule has 1 aromatic carbocycles. The second-order valence-corrected chi connectivity index (χ2v) is 10.5. The highest BCUT2D eigenvalue weighted by Gasteiger charge is 2.35. The fourth-order valence-electron chi connectivity index (χ4n) is 5.18. The molecule has 1 saturated carbocycles. The van der Waals surface area contributed by atoms with Gasteiger partial charge in [-0.15, -0.1) is 0 Å². The fraction of sp³-hybridized carbons (Fsp3) is 0.455. The average molecular weight is 442 g/mol. The van der Waals surface area contributed by atoms with Gasteiger partial charge in [-0.3, -0.25) is 0 Å². The molecule has 0 bridgehead atoms. The van der Waals surface area contributed by atoms with Crippen LogP contribution in [0.3, 0.4) is 0 Å². The zero-order chi connectivity index (χ0) is 21.6. The predicted molar refractivity (Wildman–Crippen MR) is 119 cm³/mol. The summed E-state index contributed by atoms with van der Waals surface area (Å²) in [5.74, 6) is 0.623. The van der Waals surface area contributed by atoms with E-state index in [1.807, 2.05) is 12.3 Å². The van der Waals surface area contributed by atoms with Crippen molar-refractivity contribution in [2.45, 2.75) is 50.3 Å². The molecule has 4 atom stereocenters. The van der Waals surface area contributed by atoms with Crippen molar-refractivity contribution in [2.75, 3.05) is 11.1 Å². The van der Waals surface area contributed by atoms with Gasteiger partial charge in [-0.2, -0.15) is 0 Å².